The second kappa shape index (κ2) is 12.8. The Balaban J connectivity index is 1.22. The van der Waals surface area contributed by atoms with Crippen LogP contribution in [0.4, 0.5) is 5.82 Å². The first kappa shape index (κ1) is 28.8. The first-order valence-electron chi connectivity index (χ1n) is 13.6. The van der Waals surface area contributed by atoms with E-state index in [1.54, 1.807) is 24.1 Å². The summed E-state index contributed by atoms with van der Waals surface area (Å²) in [6.45, 7) is 2.52. The molecule has 0 spiro atoms. The Morgan fingerprint density at radius 3 is 2.37 bits per heavy atom. The van der Waals surface area contributed by atoms with E-state index < -0.39 is 10.0 Å². The average Bonchev–Trinajstić information content (AvgIpc) is 3.54. The largest absolute Gasteiger partial charge is 0.497 e. The number of sulfonamides is 1. The van der Waals surface area contributed by atoms with Gasteiger partial charge in [-0.05, 0) is 61.4 Å². The lowest BCUT2D eigenvalue weighted by molar-refractivity contribution is -0.131. The number of nitrogens with zero attached hydrogens (tertiary/aromatic N) is 5. The minimum atomic E-state index is -3.92. The van der Waals surface area contributed by atoms with Gasteiger partial charge in [0.1, 0.15) is 11.5 Å². The van der Waals surface area contributed by atoms with Gasteiger partial charge in [-0.3, -0.25) is 4.79 Å². The number of aromatic nitrogens is 2. The molecule has 3 heterocycles. The van der Waals surface area contributed by atoms with Gasteiger partial charge < -0.3 is 24.0 Å². The van der Waals surface area contributed by atoms with Crippen molar-refractivity contribution in [1.82, 2.24) is 19.4 Å². The summed E-state index contributed by atoms with van der Waals surface area (Å²) >= 11 is 0. The van der Waals surface area contributed by atoms with Crippen LogP contribution in [0.2, 0.25) is 0 Å². The number of carbonyl (C=O) groups excluding carboxylic acids is 1. The fourth-order valence-electron chi connectivity index (χ4n) is 5.03. The van der Waals surface area contributed by atoms with Crippen LogP contribution in [-0.2, 0) is 19.6 Å². The number of piperazine rings is 1. The van der Waals surface area contributed by atoms with Gasteiger partial charge >= 0.3 is 0 Å². The van der Waals surface area contributed by atoms with Gasteiger partial charge in [-0.15, -0.1) is 10.2 Å². The lowest BCUT2D eigenvalue weighted by atomic mass is 10.1. The summed E-state index contributed by atoms with van der Waals surface area (Å²) < 4.78 is 44.6. The topological polar surface area (TPSA) is 114 Å². The molecule has 11 nitrogen and oxygen atoms in total. The van der Waals surface area contributed by atoms with Gasteiger partial charge in [-0.1, -0.05) is 12.1 Å². The molecule has 2 fully saturated rings. The van der Waals surface area contributed by atoms with Crippen LogP contribution in [0.1, 0.15) is 12.8 Å². The zero-order valence-electron chi connectivity index (χ0n) is 23.3. The van der Waals surface area contributed by atoms with Crippen LogP contribution < -0.4 is 14.4 Å². The predicted molar refractivity (Wildman–Crippen MR) is 154 cm³/mol. The fraction of sp³-hybridized carbons (Fsp3) is 0.414. The smallest absolute Gasteiger partial charge is 0.243 e. The minimum absolute atomic E-state index is 0.116. The molecule has 0 saturated carbocycles. The molecule has 3 aromatic rings. The van der Waals surface area contributed by atoms with Crippen molar-refractivity contribution in [1.29, 1.82) is 0 Å². The van der Waals surface area contributed by atoms with Crippen molar-refractivity contribution in [2.45, 2.75) is 23.8 Å². The van der Waals surface area contributed by atoms with Gasteiger partial charge in [-0.2, -0.15) is 4.31 Å². The number of amides is 1. The van der Waals surface area contributed by atoms with E-state index in [-0.39, 0.29) is 30.0 Å². The maximum atomic E-state index is 13.6. The van der Waals surface area contributed by atoms with Crippen LogP contribution in [0.25, 0.3) is 11.3 Å². The van der Waals surface area contributed by atoms with Crippen molar-refractivity contribution in [3.63, 3.8) is 0 Å². The van der Waals surface area contributed by atoms with E-state index in [9.17, 15) is 13.2 Å². The Hall–Kier alpha value is -3.74. The molecule has 2 aromatic carbocycles. The van der Waals surface area contributed by atoms with Gasteiger partial charge in [0.25, 0.3) is 0 Å². The summed E-state index contributed by atoms with van der Waals surface area (Å²) in [7, 11) is -0.771. The molecule has 0 bridgehead atoms. The maximum absolute atomic E-state index is 13.6. The molecule has 5 rings (SSSR count). The summed E-state index contributed by atoms with van der Waals surface area (Å²) in [5.41, 5.74) is 1.65. The first-order valence-corrected chi connectivity index (χ1v) is 15.1. The average molecular weight is 582 g/mol. The van der Waals surface area contributed by atoms with Crippen molar-refractivity contribution in [3.05, 3.63) is 60.7 Å². The maximum Gasteiger partial charge on any atom is 0.243 e. The van der Waals surface area contributed by atoms with Gasteiger partial charge in [0.15, 0.2) is 5.82 Å². The Bertz CT molecular complexity index is 1420. The Kier molecular flexibility index (Phi) is 9.01. The molecule has 1 atom stereocenters. The lowest BCUT2D eigenvalue weighted by Gasteiger charge is -2.36. The molecule has 218 valence electrons. The molecule has 0 aliphatic carbocycles. The Morgan fingerprint density at radius 2 is 1.73 bits per heavy atom. The molecule has 1 aromatic heterocycles. The molecular formula is C29H35N5O6S. The molecule has 0 unspecified atom stereocenters. The number of carbonyl (C=O) groups is 1. The summed E-state index contributed by atoms with van der Waals surface area (Å²) in [4.78, 5) is 17.3. The van der Waals surface area contributed by atoms with Crippen molar-refractivity contribution in [3.8, 4) is 22.8 Å². The van der Waals surface area contributed by atoms with Crippen LogP contribution in [-0.4, -0.2) is 99.9 Å². The molecule has 2 saturated heterocycles. The number of anilines is 1. The third-order valence-electron chi connectivity index (χ3n) is 7.41. The quantitative estimate of drug-likeness (QED) is 0.357. The van der Waals surface area contributed by atoms with Crippen LogP contribution in [0, 0.1) is 0 Å². The number of hydrogen-bond donors (Lipinski definition) is 0. The normalized spacial score (nSPS) is 17.6. The molecule has 0 N–H and O–H groups in total. The highest BCUT2D eigenvalue weighted by molar-refractivity contribution is 7.89. The zero-order valence-corrected chi connectivity index (χ0v) is 24.1. The standard InChI is InChI=1S/C29H35N5O6S/c1-38-23-8-10-26(11-9-23)41(36,37)34(20-25-7-4-18-40-25)21-29(35)33-16-14-32(15-17-33)28-13-12-27(30-31-28)22-5-3-6-24(19-22)39-2/h3,5-6,8-13,19,25H,4,7,14-18,20-21H2,1-2H3/t25-/m0/s1. The first-order chi connectivity index (χ1) is 19.9. The van der Waals surface area contributed by atoms with E-state index in [1.165, 1.54) is 23.5 Å². The lowest BCUT2D eigenvalue weighted by Crippen LogP contribution is -2.52. The summed E-state index contributed by atoms with van der Waals surface area (Å²) in [6, 6.07) is 17.7. The number of benzene rings is 2. The third kappa shape index (κ3) is 6.77. The Labute approximate surface area is 240 Å². The van der Waals surface area contributed by atoms with Crippen molar-refractivity contribution >= 4 is 21.7 Å². The number of ether oxygens (including phenoxy) is 3. The van der Waals surface area contributed by atoms with Crippen LogP contribution in [0.15, 0.2) is 65.6 Å². The molecule has 12 heteroatoms. The molecule has 2 aliphatic rings. The Morgan fingerprint density at radius 1 is 0.976 bits per heavy atom. The number of methoxy groups -OCH3 is 2. The minimum Gasteiger partial charge on any atom is -0.497 e. The van der Waals surface area contributed by atoms with Crippen molar-refractivity contribution in [2.24, 2.45) is 0 Å². The van der Waals surface area contributed by atoms with Gasteiger partial charge in [0, 0.05) is 44.9 Å². The third-order valence-corrected chi connectivity index (χ3v) is 9.24. The van der Waals surface area contributed by atoms with Crippen molar-refractivity contribution < 1.29 is 27.4 Å². The highest BCUT2D eigenvalue weighted by Crippen LogP contribution is 2.25. The predicted octanol–water partition coefficient (Wildman–Crippen LogP) is 2.68. The van der Waals surface area contributed by atoms with E-state index in [1.807, 2.05) is 36.4 Å². The summed E-state index contributed by atoms with van der Waals surface area (Å²) in [5, 5.41) is 8.80. The van der Waals surface area contributed by atoms with E-state index in [2.05, 4.69) is 15.1 Å². The van der Waals surface area contributed by atoms with Crippen LogP contribution >= 0.6 is 0 Å². The van der Waals surface area contributed by atoms with E-state index in [4.69, 9.17) is 14.2 Å². The SMILES string of the molecule is COc1ccc(S(=O)(=O)N(CC(=O)N2CCN(c3ccc(-c4cccc(OC)c4)nn3)CC2)C[C@@H]2CCCO2)cc1. The summed E-state index contributed by atoms with van der Waals surface area (Å²) in [5.74, 6) is 1.80. The fourth-order valence-corrected chi connectivity index (χ4v) is 6.45. The van der Waals surface area contributed by atoms with Gasteiger partial charge in [0.05, 0.1) is 37.5 Å². The second-order valence-corrected chi connectivity index (χ2v) is 11.9. The van der Waals surface area contributed by atoms with Gasteiger partial charge in [-0.25, -0.2) is 8.42 Å². The highest BCUT2D eigenvalue weighted by atomic mass is 32.2. The number of hydrogen-bond acceptors (Lipinski definition) is 9. The van der Waals surface area contributed by atoms with E-state index in [0.717, 1.165) is 35.7 Å². The van der Waals surface area contributed by atoms with E-state index in [0.29, 0.717) is 38.5 Å². The van der Waals surface area contributed by atoms with E-state index >= 15 is 0 Å². The molecule has 2 aliphatic heterocycles. The monoisotopic (exact) mass is 581 g/mol. The van der Waals surface area contributed by atoms with Gasteiger partial charge in [0.2, 0.25) is 15.9 Å². The number of rotatable bonds is 10. The zero-order chi connectivity index (χ0) is 28.8. The van der Waals surface area contributed by atoms with Crippen molar-refractivity contribution in [2.75, 3.05) is 65.0 Å². The molecule has 0 radical (unpaired) electrons. The van der Waals surface area contributed by atoms with Crippen LogP contribution in [0.5, 0.6) is 11.5 Å². The molecular weight excluding hydrogens is 546 g/mol. The van der Waals surface area contributed by atoms with Crippen LogP contribution in [0.3, 0.4) is 0 Å². The molecule has 1 amide bonds. The summed E-state index contributed by atoms with van der Waals surface area (Å²) in [6.07, 6.45) is 1.41. The molecule has 41 heavy (non-hydrogen) atoms. The highest BCUT2D eigenvalue weighted by Gasteiger charge is 2.33. The second-order valence-electron chi connectivity index (χ2n) is 9.98.